The fourth-order valence-corrected chi connectivity index (χ4v) is 0. The summed E-state index contributed by atoms with van der Waals surface area (Å²) in [5, 5.41) is 0. The Balaban J connectivity index is 2.85. The monoisotopic (exact) mass is 110 g/mol. The highest BCUT2D eigenvalue weighted by atomic mass is 32.4. The molecule has 5 heavy (non-hydrogen) atoms. The molecule has 0 saturated carbocycles. The van der Waals surface area contributed by atoms with Gasteiger partial charge in [-0.25, -0.2) is 0 Å². The Morgan fingerprint density at radius 1 is 2.00 bits per heavy atom. The summed E-state index contributed by atoms with van der Waals surface area (Å²) in [5.74, 6) is 0. The van der Waals surface area contributed by atoms with E-state index in [1.54, 1.807) is 0 Å². The molecule has 0 aromatic rings. The van der Waals surface area contributed by atoms with Crippen LogP contribution in [0.25, 0.3) is 0 Å². The lowest BCUT2D eigenvalue weighted by Gasteiger charge is -1.78. The Morgan fingerprint density at radius 3 is 2.20 bits per heavy atom. The zero-order valence-corrected chi connectivity index (χ0v) is 4.88. The maximum atomic E-state index is 8.28. The van der Waals surface area contributed by atoms with E-state index in [1.165, 1.54) is 0 Å². The molecule has 0 rings (SSSR count). The highest BCUT2D eigenvalue weighted by molar-refractivity contribution is 8.02. The molecule has 0 aromatic carbocycles. The van der Waals surface area contributed by atoms with Crippen molar-refractivity contribution < 1.29 is 4.89 Å². The van der Waals surface area contributed by atoms with E-state index in [2.05, 4.69) is 11.8 Å². The first-order valence-electron chi connectivity index (χ1n) is 1.49. The Morgan fingerprint density at radius 2 is 2.20 bits per heavy atom. The van der Waals surface area contributed by atoms with Crippen LogP contribution in [0.1, 0.15) is 6.92 Å². The van der Waals surface area contributed by atoms with Gasteiger partial charge in [0.1, 0.15) is 0 Å². The van der Waals surface area contributed by atoms with Gasteiger partial charge in [-0.3, -0.25) is 0 Å². The van der Waals surface area contributed by atoms with Gasteiger partial charge in [0.05, 0.1) is 6.92 Å². The quantitative estimate of drug-likeness (QED) is 0.498. The van der Waals surface area contributed by atoms with Crippen LogP contribution in [0.5, 0.6) is 0 Å². The van der Waals surface area contributed by atoms with E-state index < -0.39 is 6.92 Å². The van der Waals surface area contributed by atoms with Gasteiger partial charge in [-0.05, 0) is 6.16 Å². The topological polar surface area (TPSA) is 20.2 Å². The molecule has 0 amide bonds. The lowest BCUT2D eigenvalue weighted by molar-refractivity contribution is 0.644. The van der Waals surface area contributed by atoms with E-state index in [-0.39, 0.29) is 0 Å². The number of hydrogen-bond donors (Lipinski definition) is 1. The predicted molar refractivity (Wildman–Crippen MR) is 28.4 cm³/mol. The van der Waals surface area contributed by atoms with E-state index in [1.807, 2.05) is 6.92 Å². The first-order valence-corrected chi connectivity index (χ1v) is 4.28. The molecule has 0 spiro atoms. The molecule has 0 saturated heterocycles. The van der Waals surface area contributed by atoms with Crippen LogP contribution in [0.15, 0.2) is 0 Å². The first kappa shape index (κ1) is 5.61. The van der Waals surface area contributed by atoms with Crippen molar-refractivity contribution in [3.63, 3.8) is 0 Å². The standard InChI is InChI=1S/C2H7OPS/c1-2-4(3)5/h4H,2H2,1H3,(H,3,5). The minimum absolute atomic E-state index is 0.778. The molecular formula is C2H7OPS. The summed E-state index contributed by atoms with van der Waals surface area (Å²) in [6, 6.07) is 0. The minimum Gasteiger partial charge on any atom is -0.368 e. The average Bonchev–Trinajstić information content (AvgIpc) is 1.38. The highest BCUT2D eigenvalue weighted by Gasteiger charge is 1.70. The maximum absolute atomic E-state index is 8.28. The van der Waals surface area contributed by atoms with Crippen molar-refractivity contribution in [3.8, 4) is 0 Å². The third-order valence-electron chi connectivity index (χ3n) is 0.302. The van der Waals surface area contributed by atoms with Crippen molar-refractivity contribution in [3.05, 3.63) is 0 Å². The fourth-order valence-electron chi connectivity index (χ4n) is 0. The smallest absolute Gasteiger partial charge is 0.0519 e. The largest absolute Gasteiger partial charge is 0.368 e. The van der Waals surface area contributed by atoms with Crippen LogP contribution in [0, 0.1) is 0 Å². The Bertz CT molecular complexity index is 44.9. The Kier molecular flexibility index (Phi) is 3.17. The second-order valence-corrected chi connectivity index (χ2v) is 3.66. The van der Waals surface area contributed by atoms with Crippen LogP contribution in [-0.2, 0) is 11.8 Å². The SMILES string of the molecule is CC[PH](O)=S. The van der Waals surface area contributed by atoms with Gasteiger partial charge in [0.25, 0.3) is 0 Å². The highest BCUT2D eigenvalue weighted by Crippen LogP contribution is 2.09. The van der Waals surface area contributed by atoms with Crippen LogP contribution in [0.3, 0.4) is 0 Å². The summed E-state index contributed by atoms with van der Waals surface area (Å²) in [7, 11) is 0. The van der Waals surface area contributed by atoms with Crippen molar-refractivity contribution in [2.45, 2.75) is 6.92 Å². The van der Waals surface area contributed by atoms with Crippen molar-refractivity contribution >= 4 is 18.7 Å². The van der Waals surface area contributed by atoms with Gasteiger partial charge in [-0.15, -0.1) is 0 Å². The second-order valence-electron chi connectivity index (χ2n) is 0.747. The summed E-state index contributed by atoms with van der Waals surface area (Å²) < 4.78 is 0. The van der Waals surface area contributed by atoms with E-state index in [4.69, 9.17) is 4.89 Å². The van der Waals surface area contributed by atoms with Gasteiger partial charge in [-0.2, -0.15) is 0 Å². The molecule has 0 heterocycles. The van der Waals surface area contributed by atoms with Crippen molar-refractivity contribution in [1.29, 1.82) is 0 Å². The van der Waals surface area contributed by atoms with Gasteiger partial charge in [0.2, 0.25) is 0 Å². The maximum Gasteiger partial charge on any atom is 0.0519 e. The van der Waals surface area contributed by atoms with Crippen LogP contribution >= 0.6 is 6.92 Å². The lowest BCUT2D eigenvalue weighted by Crippen LogP contribution is -1.56. The normalized spacial score (nSPS) is 14.8. The van der Waals surface area contributed by atoms with E-state index in [0.29, 0.717) is 0 Å². The summed E-state index contributed by atoms with van der Waals surface area (Å²) in [4.78, 5) is 8.28. The van der Waals surface area contributed by atoms with Crippen LogP contribution in [-0.4, -0.2) is 11.1 Å². The molecule has 0 bridgehead atoms. The molecule has 32 valence electrons. The molecule has 0 radical (unpaired) electrons. The zero-order chi connectivity index (χ0) is 4.28. The van der Waals surface area contributed by atoms with Crippen molar-refractivity contribution in [2.24, 2.45) is 0 Å². The van der Waals surface area contributed by atoms with Crippen molar-refractivity contribution in [1.82, 2.24) is 0 Å². The van der Waals surface area contributed by atoms with Crippen molar-refractivity contribution in [2.75, 3.05) is 6.16 Å². The molecule has 1 unspecified atom stereocenters. The summed E-state index contributed by atoms with van der Waals surface area (Å²) in [5.41, 5.74) is 0. The van der Waals surface area contributed by atoms with Crippen LogP contribution < -0.4 is 0 Å². The van der Waals surface area contributed by atoms with Gasteiger partial charge in [0.15, 0.2) is 0 Å². The predicted octanol–water partition coefficient (Wildman–Crippen LogP) is 0.590. The number of rotatable bonds is 1. The second kappa shape index (κ2) is 2.83. The molecule has 0 aliphatic rings. The zero-order valence-electron chi connectivity index (χ0n) is 3.06. The molecular weight excluding hydrogens is 103 g/mol. The summed E-state index contributed by atoms with van der Waals surface area (Å²) >= 11 is 4.44. The van der Waals surface area contributed by atoms with Gasteiger partial charge in [-0.1, -0.05) is 18.7 Å². The molecule has 1 atom stereocenters. The summed E-state index contributed by atoms with van der Waals surface area (Å²) in [6.45, 7) is 0.600. The molecule has 0 aliphatic heterocycles. The fraction of sp³-hybridized carbons (Fsp3) is 1.00. The first-order chi connectivity index (χ1) is 2.27. The Labute approximate surface area is 37.5 Å². The van der Waals surface area contributed by atoms with Gasteiger partial charge in [0, 0.05) is 0 Å². The Hall–Kier alpha value is 0.610. The lowest BCUT2D eigenvalue weighted by atomic mass is 11.0. The third-order valence-corrected chi connectivity index (χ3v) is 1.77. The van der Waals surface area contributed by atoms with E-state index >= 15 is 0 Å². The molecule has 1 N–H and O–H groups in total. The van der Waals surface area contributed by atoms with E-state index in [0.717, 1.165) is 6.16 Å². The van der Waals surface area contributed by atoms with Crippen LogP contribution in [0.4, 0.5) is 0 Å². The molecule has 3 heteroatoms. The molecule has 0 aliphatic carbocycles. The molecule has 0 fully saturated rings. The van der Waals surface area contributed by atoms with Crippen LogP contribution in [0.2, 0.25) is 0 Å². The van der Waals surface area contributed by atoms with E-state index in [9.17, 15) is 0 Å². The molecule has 1 nitrogen and oxygen atoms in total. The minimum atomic E-state index is -1.29. The van der Waals surface area contributed by atoms with Gasteiger partial charge < -0.3 is 4.89 Å². The average molecular weight is 110 g/mol. The summed E-state index contributed by atoms with van der Waals surface area (Å²) in [6.07, 6.45) is 0.778. The van der Waals surface area contributed by atoms with Gasteiger partial charge >= 0.3 is 0 Å². The molecule has 0 aromatic heterocycles. The third kappa shape index (κ3) is 4.61. The number of hydrogen-bond acceptors (Lipinski definition) is 1.